The van der Waals surface area contributed by atoms with E-state index in [9.17, 15) is 4.79 Å². The molecule has 1 saturated carbocycles. The molecule has 0 radical (unpaired) electrons. The van der Waals surface area contributed by atoms with Crippen molar-refractivity contribution in [1.82, 2.24) is 14.9 Å². The van der Waals surface area contributed by atoms with E-state index in [0.717, 1.165) is 6.42 Å². The Morgan fingerprint density at radius 1 is 1.43 bits per heavy atom. The minimum atomic E-state index is -0.459. The van der Waals surface area contributed by atoms with Crippen molar-refractivity contribution in [1.29, 1.82) is 0 Å². The Balaban J connectivity index is 1.90. The fourth-order valence-electron chi connectivity index (χ4n) is 3.10. The Morgan fingerprint density at radius 2 is 2.17 bits per heavy atom. The van der Waals surface area contributed by atoms with E-state index in [-0.39, 0.29) is 6.09 Å². The summed E-state index contributed by atoms with van der Waals surface area (Å²) in [6, 6.07) is 0.526. The van der Waals surface area contributed by atoms with E-state index in [1.165, 1.54) is 31.4 Å². The van der Waals surface area contributed by atoms with Crippen LogP contribution in [-0.4, -0.2) is 39.3 Å². The number of thioether (sulfide) groups is 1. The standard InChI is InChI=1S/C17H29N3O2S/c1-17(2,3)22-16(21)19-10-9-13-11-18-12-20(13)14-7-5-6-8-15(14)23-4/h11-12,14-15H,5-10H2,1-4H3,(H,19,21). The van der Waals surface area contributed by atoms with Crippen LogP contribution in [0.5, 0.6) is 0 Å². The van der Waals surface area contributed by atoms with Crippen LogP contribution in [0.4, 0.5) is 4.79 Å². The van der Waals surface area contributed by atoms with Crippen molar-refractivity contribution in [2.75, 3.05) is 12.8 Å². The molecule has 0 spiro atoms. The summed E-state index contributed by atoms with van der Waals surface area (Å²) in [4.78, 5) is 16.0. The molecule has 0 aliphatic heterocycles. The molecule has 2 atom stereocenters. The highest BCUT2D eigenvalue weighted by Gasteiger charge is 2.27. The highest BCUT2D eigenvalue weighted by Crippen LogP contribution is 2.36. The maximum absolute atomic E-state index is 11.7. The molecule has 2 rings (SSSR count). The molecule has 6 heteroatoms. The van der Waals surface area contributed by atoms with Crippen LogP contribution in [0.3, 0.4) is 0 Å². The zero-order valence-corrected chi connectivity index (χ0v) is 15.5. The SMILES string of the molecule is CSC1CCCCC1n1cncc1CCNC(=O)OC(C)(C)C. The van der Waals surface area contributed by atoms with Gasteiger partial charge >= 0.3 is 6.09 Å². The van der Waals surface area contributed by atoms with E-state index in [1.807, 2.05) is 45.1 Å². The summed E-state index contributed by atoms with van der Waals surface area (Å²) in [6.07, 6.45) is 11.6. The number of carbonyl (C=O) groups is 1. The first-order valence-corrected chi connectivity index (χ1v) is 9.70. The molecule has 130 valence electrons. The number of amides is 1. The predicted molar refractivity (Wildman–Crippen MR) is 95.0 cm³/mol. The minimum Gasteiger partial charge on any atom is -0.444 e. The quantitative estimate of drug-likeness (QED) is 0.886. The van der Waals surface area contributed by atoms with Gasteiger partial charge in [-0.05, 0) is 39.9 Å². The molecule has 1 aromatic rings. The minimum absolute atomic E-state index is 0.358. The molecule has 1 aromatic heterocycles. The lowest BCUT2D eigenvalue weighted by atomic mass is 9.94. The number of alkyl carbamates (subject to hydrolysis) is 1. The molecule has 2 unspecified atom stereocenters. The fourth-order valence-corrected chi connectivity index (χ4v) is 4.09. The van der Waals surface area contributed by atoms with Gasteiger partial charge < -0.3 is 14.6 Å². The third kappa shape index (κ3) is 5.44. The summed E-state index contributed by atoms with van der Waals surface area (Å²) < 4.78 is 7.58. The predicted octanol–water partition coefficient (Wildman–Crippen LogP) is 3.80. The maximum Gasteiger partial charge on any atom is 0.407 e. The third-order valence-electron chi connectivity index (χ3n) is 4.12. The maximum atomic E-state index is 11.7. The topological polar surface area (TPSA) is 56.2 Å². The molecular formula is C17H29N3O2S. The lowest BCUT2D eigenvalue weighted by Crippen LogP contribution is -2.34. The van der Waals surface area contributed by atoms with Gasteiger partial charge in [-0.15, -0.1) is 0 Å². The van der Waals surface area contributed by atoms with Crippen LogP contribution >= 0.6 is 11.8 Å². The molecule has 23 heavy (non-hydrogen) atoms. The molecule has 1 fully saturated rings. The van der Waals surface area contributed by atoms with Gasteiger partial charge in [0.05, 0.1) is 6.33 Å². The first kappa shape index (κ1) is 18.2. The van der Waals surface area contributed by atoms with Crippen LogP contribution in [0.2, 0.25) is 0 Å². The van der Waals surface area contributed by atoms with Gasteiger partial charge in [0.15, 0.2) is 0 Å². The zero-order chi connectivity index (χ0) is 16.9. The van der Waals surface area contributed by atoms with E-state index < -0.39 is 5.60 Å². The molecule has 1 heterocycles. The summed E-state index contributed by atoms with van der Waals surface area (Å²) in [5.74, 6) is 0. The molecule has 1 aliphatic carbocycles. The number of nitrogens with zero attached hydrogens (tertiary/aromatic N) is 2. The summed E-state index contributed by atoms with van der Waals surface area (Å²) >= 11 is 1.96. The molecular weight excluding hydrogens is 310 g/mol. The first-order valence-electron chi connectivity index (χ1n) is 8.41. The average molecular weight is 340 g/mol. The Hall–Kier alpha value is -1.17. The van der Waals surface area contributed by atoms with Crippen LogP contribution in [0.25, 0.3) is 0 Å². The largest absolute Gasteiger partial charge is 0.444 e. The van der Waals surface area contributed by atoms with Crippen LogP contribution in [-0.2, 0) is 11.2 Å². The lowest BCUT2D eigenvalue weighted by Gasteiger charge is -2.32. The second kappa shape index (κ2) is 8.08. The second-order valence-electron chi connectivity index (χ2n) is 7.10. The number of hydrogen-bond acceptors (Lipinski definition) is 4. The third-order valence-corrected chi connectivity index (χ3v) is 5.28. The first-order chi connectivity index (χ1) is 10.9. The van der Waals surface area contributed by atoms with Crippen molar-refractivity contribution < 1.29 is 9.53 Å². The molecule has 0 aromatic carbocycles. The summed E-state index contributed by atoms with van der Waals surface area (Å²) in [6.45, 7) is 6.17. The molecule has 0 bridgehead atoms. The van der Waals surface area contributed by atoms with Gasteiger partial charge in [0.2, 0.25) is 0 Å². The van der Waals surface area contributed by atoms with Gasteiger partial charge in [0, 0.05) is 36.1 Å². The van der Waals surface area contributed by atoms with Crippen molar-refractivity contribution in [2.45, 2.75) is 69.8 Å². The van der Waals surface area contributed by atoms with Crippen molar-refractivity contribution in [3.05, 3.63) is 18.2 Å². The number of ether oxygens (including phenoxy) is 1. The Morgan fingerprint density at radius 3 is 2.87 bits per heavy atom. The lowest BCUT2D eigenvalue weighted by molar-refractivity contribution is 0.0528. The number of nitrogens with one attached hydrogen (secondary N) is 1. The average Bonchev–Trinajstić information content (AvgIpc) is 2.93. The van der Waals surface area contributed by atoms with Gasteiger partial charge in [-0.2, -0.15) is 11.8 Å². The fraction of sp³-hybridized carbons (Fsp3) is 0.765. The smallest absolute Gasteiger partial charge is 0.407 e. The van der Waals surface area contributed by atoms with E-state index in [2.05, 4.69) is 21.1 Å². The number of rotatable bonds is 5. The van der Waals surface area contributed by atoms with Crippen LogP contribution in [0, 0.1) is 0 Å². The molecule has 1 amide bonds. The van der Waals surface area contributed by atoms with Crippen molar-refractivity contribution in [3.8, 4) is 0 Å². The molecule has 1 aliphatic rings. The van der Waals surface area contributed by atoms with Crippen molar-refractivity contribution in [3.63, 3.8) is 0 Å². The number of hydrogen-bond donors (Lipinski definition) is 1. The summed E-state index contributed by atoms with van der Waals surface area (Å²) in [5.41, 5.74) is 0.728. The van der Waals surface area contributed by atoms with Gasteiger partial charge in [0.25, 0.3) is 0 Å². The highest BCUT2D eigenvalue weighted by molar-refractivity contribution is 7.99. The second-order valence-corrected chi connectivity index (χ2v) is 8.17. The van der Waals surface area contributed by atoms with Gasteiger partial charge in [-0.25, -0.2) is 9.78 Å². The van der Waals surface area contributed by atoms with Crippen molar-refractivity contribution >= 4 is 17.9 Å². The van der Waals surface area contributed by atoms with E-state index in [1.54, 1.807) is 0 Å². The highest BCUT2D eigenvalue weighted by atomic mass is 32.2. The Kier molecular flexibility index (Phi) is 6.39. The van der Waals surface area contributed by atoms with Crippen molar-refractivity contribution in [2.24, 2.45) is 0 Å². The Labute approximate surface area is 143 Å². The number of carbonyl (C=O) groups excluding carboxylic acids is 1. The van der Waals surface area contributed by atoms with Gasteiger partial charge in [0.1, 0.15) is 5.60 Å². The monoisotopic (exact) mass is 339 g/mol. The molecule has 1 N–H and O–H groups in total. The van der Waals surface area contributed by atoms with Gasteiger partial charge in [-0.3, -0.25) is 0 Å². The van der Waals surface area contributed by atoms with E-state index in [0.29, 0.717) is 17.8 Å². The van der Waals surface area contributed by atoms with E-state index in [4.69, 9.17) is 4.74 Å². The normalized spacial score (nSPS) is 21.9. The van der Waals surface area contributed by atoms with Crippen LogP contribution < -0.4 is 5.32 Å². The van der Waals surface area contributed by atoms with Gasteiger partial charge in [-0.1, -0.05) is 12.8 Å². The molecule has 0 saturated heterocycles. The molecule has 5 nitrogen and oxygen atoms in total. The zero-order valence-electron chi connectivity index (χ0n) is 14.7. The number of aromatic nitrogens is 2. The number of imidazole rings is 1. The summed E-state index contributed by atoms with van der Waals surface area (Å²) in [7, 11) is 0. The van der Waals surface area contributed by atoms with Crippen LogP contribution in [0.15, 0.2) is 12.5 Å². The Bertz CT molecular complexity index is 510. The van der Waals surface area contributed by atoms with E-state index >= 15 is 0 Å². The summed E-state index contributed by atoms with van der Waals surface area (Å²) in [5, 5.41) is 3.49. The van der Waals surface area contributed by atoms with Crippen LogP contribution in [0.1, 0.15) is 58.2 Å².